The lowest BCUT2D eigenvalue weighted by Gasteiger charge is -2.24. The molecule has 90 valence electrons. The summed E-state index contributed by atoms with van der Waals surface area (Å²) in [6.07, 6.45) is 3.72. The molecule has 0 aliphatic carbocycles. The summed E-state index contributed by atoms with van der Waals surface area (Å²) in [4.78, 5) is 17.8. The van der Waals surface area contributed by atoms with Crippen LogP contribution in [-0.2, 0) is 0 Å². The molecule has 0 aromatic carbocycles. The third-order valence-electron chi connectivity index (χ3n) is 3.24. The van der Waals surface area contributed by atoms with E-state index in [4.69, 9.17) is 5.73 Å². The van der Waals surface area contributed by atoms with Crippen LogP contribution < -0.4 is 16.3 Å². The van der Waals surface area contributed by atoms with Crippen molar-refractivity contribution in [1.82, 2.24) is 19.6 Å². The van der Waals surface area contributed by atoms with E-state index in [9.17, 15) is 4.79 Å². The number of hydrogen-bond acceptors (Lipinski definition) is 5. The molecular weight excluding hydrogens is 220 g/mol. The van der Waals surface area contributed by atoms with Crippen molar-refractivity contribution in [3.63, 3.8) is 0 Å². The van der Waals surface area contributed by atoms with Gasteiger partial charge in [0.15, 0.2) is 5.65 Å². The van der Waals surface area contributed by atoms with Crippen LogP contribution in [0.15, 0.2) is 17.2 Å². The number of nitrogens with one attached hydrogen (secondary N) is 1. The number of rotatable bonds is 2. The van der Waals surface area contributed by atoms with Crippen molar-refractivity contribution in [2.75, 3.05) is 18.0 Å². The first-order chi connectivity index (χ1) is 8.29. The van der Waals surface area contributed by atoms with Gasteiger partial charge >= 0.3 is 5.69 Å². The van der Waals surface area contributed by atoms with E-state index in [0.29, 0.717) is 18.2 Å². The average Bonchev–Trinajstić information content (AvgIpc) is 2.96. The SMILES string of the molecule is NCC1CCCN1c1cc2n[nH]c(=O)n2cn1. The molecule has 0 radical (unpaired) electrons. The van der Waals surface area contributed by atoms with Crippen LogP contribution in [0.3, 0.4) is 0 Å². The lowest BCUT2D eigenvalue weighted by Crippen LogP contribution is -2.36. The Balaban J connectivity index is 2.03. The predicted molar refractivity (Wildman–Crippen MR) is 63.0 cm³/mol. The van der Waals surface area contributed by atoms with Crippen molar-refractivity contribution in [2.24, 2.45) is 5.73 Å². The normalized spacial score (nSPS) is 20.3. The van der Waals surface area contributed by atoms with Crippen molar-refractivity contribution in [2.45, 2.75) is 18.9 Å². The Morgan fingerprint density at radius 2 is 2.47 bits per heavy atom. The second kappa shape index (κ2) is 3.85. The maximum absolute atomic E-state index is 11.3. The van der Waals surface area contributed by atoms with E-state index < -0.39 is 0 Å². The third kappa shape index (κ3) is 1.59. The Bertz CT molecular complexity index is 588. The van der Waals surface area contributed by atoms with Gasteiger partial charge in [0.25, 0.3) is 0 Å². The third-order valence-corrected chi connectivity index (χ3v) is 3.24. The Hall–Kier alpha value is -1.89. The van der Waals surface area contributed by atoms with Crippen LogP contribution >= 0.6 is 0 Å². The molecule has 0 spiro atoms. The smallest absolute Gasteiger partial charge is 0.348 e. The number of aromatic amines is 1. The van der Waals surface area contributed by atoms with Crippen molar-refractivity contribution >= 4 is 11.5 Å². The number of fused-ring (bicyclic) bond motifs is 1. The summed E-state index contributed by atoms with van der Waals surface area (Å²) in [6.45, 7) is 1.58. The summed E-state index contributed by atoms with van der Waals surface area (Å²) >= 11 is 0. The standard InChI is InChI=1S/C10H14N6O/c11-5-7-2-1-3-15(7)8-4-9-13-14-10(17)16(9)6-12-8/h4,6-7H,1-3,5,11H2,(H,14,17). The Morgan fingerprint density at radius 3 is 3.29 bits per heavy atom. The molecule has 1 atom stereocenters. The molecule has 3 heterocycles. The molecule has 2 aromatic heterocycles. The lowest BCUT2D eigenvalue weighted by atomic mass is 10.2. The molecule has 0 amide bonds. The zero-order valence-corrected chi connectivity index (χ0v) is 9.33. The molecule has 1 saturated heterocycles. The van der Waals surface area contributed by atoms with Gasteiger partial charge < -0.3 is 10.6 Å². The molecular formula is C10H14N6O. The summed E-state index contributed by atoms with van der Waals surface area (Å²) in [5.41, 5.74) is 6.05. The summed E-state index contributed by atoms with van der Waals surface area (Å²) in [6, 6.07) is 2.15. The van der Waals surface area contributed by atoms with Gasteiger partial charge in [0.1, 0.15) is 12.1 Å². The maximum atomic E-state index is 11.3. The minimum Gasteiger partial charge on any atom is -0.352 e. The predicted octanol–water partition coefficient (Wildman–Crippen LogP) is -0.655. The summed E-state index contributed by atoms with van der Waals surface area (Å²) < 4.78 is 1.39. The number of nitrogens with two attached hydrogens (primary N) is 1. The summed E-state index contributed by atoms with van der Waals surface area (Å²) in [7, 11) is 0. The fraction of sp³-hybridized carbons (Fsp3) is 0.500. The van der Waals surface area contributed by atoms with Crippen LogP contribution in [0.2, 0.25) is 0 Å². The molecule has 0 saturated carbocycles. The van der Waals surface area contributed by atoms with Crippen LogP contribution in [0.25, 0.3) is 5.65 Å². The second-order valence-electron chi connectivity index (χ2n) is 4.23. The highest BCUT2D eigenvalue weighted by Gasteiger charge is 2.24. The van der Waals surface area contributed by atoms with Crippen LogP contribution in [0, 0.1) is 0 Å². The maximum Gasteiger partial charge on any atom is 0.348 e. The Kier molecular flexibility index (Phi) is 2.32. The summed E-state index contributed by atoms with van der Waals surface area (Å²) in [5.74, 6) is 0.837. The Morgan fingerprint density at radius 1 is 1.59 bits per heavy atom. The molecule has 1 aliphatic rings. The van der Waals surface area contributed by atoms with Crippen LogP contribution in [0.1, 0.15) is 12.8 Å². The van der Waals surface area contributed by atoms with Crippen molar-refractivity contribution in [3.05, 3.63) is 22.9 Å². The number of hydrogen-bond donors (Lipinski definition) is 2. The lowest BCUT2D eigenvalue weighted by molar-refractivity contribution is 0.670. The quantitative estimate of drug-likeness (QED) is 0.720. The van der Waals surface area contributed by atoms with Gasteiger partial charge in [-0.3, -0.25) is 0 Å². The summed E-state index contributed by atoms with van der Waals surface area (Å²) in [5, 5.41) is 6.32. The number of aromatic nitrogens is 4. The molecule has 7 nitrogen and oxygen atoms in total. The molecule has 3 rings (SSSR count). The molecule has 0 bridgehead atoms. The molecule has 1 unspecified atom stereocenters. The van der Waals surface area contributed by atoms with Gasteiger partial charge in [-0.1, -0.05) is 0 Å². The van der Waals surface area contributed by atoms with Crippen LogP contribution in [0.5, 0.6) is 0 Å². The largest absolute Gasteiger partial charge is 0.352 e. The fourth-order valence-electron chi connectivity index (χ4n) is 2.34. The topological polar surface area (TPSA) is 92.3 Å². The zero-order chi connectivity index (χ0) is 11.8. The van der Waals surface area contributed by atoms with Gasteiger partial charge in [-0.25, -0.2) is 19.3 Å². The highest BCUT2D eigenvalue weighted by atomic mass is 16.1. The van der Waals surface area contributed by atoms with Gasteiger partial charge in [-0.2, -0.15) is 5.10 Å². The van der Waals surface area contributed by atoms with Gasteiger partial charge in [-0.15, -0.1) is 0 Å². The molecule has 3 N–H and O–H groups in total. The van der Waals surface area contributed by atoms with Crippen molar-refractivity contribution in [1.29, 1.82) is 0 Å². The minimum atomic E-state index is -0.268. The van der Waals surface area contributed by atoms with Gasteiger partial charge in [0.2, 0.25) is 0 Å². The van der Waals surface area contributed by atoms with E-state index in [1.165, 1.54) is 10.7 Å². The zero-order valence-electron chi connectivity index (χ0n) is 9.33. The second-order valence-corrected chi connectivity index (χ2v) is 4.23. The first-order valence-electron chi connectivity index (χ1n) is 5.69. The Labute approximate surface area is 97.3 Å². The van der Waals surface area contributed by atoms with Gasteiger partial charge in [0, 0.05) is 25.2 Å². The number of anilines is 1. The molecule has 1 fully saturated rings. The minimum absolute atomic E-state index is 0.268. The number of H-pyrrole nitrogens is 1. The first kappa shape index (κ1) is 10.3. The molecule has 17 heavy (non-hydrogen) atoms. The van der Waals surface area contributed by atoms with Crippen molar-refractivity contribution in [3.8, 4) is 0 Å². The monoisotopic (exact) mass is 234 g/mol. The fourth-order valence-corrected chi connectivity index (χ4v) is 2.34. The van der Waals surface area contributed by atoms with Crippen LogP contribution in [-0.4, -0.2) is 38.7 Å². The van der Waals surface area contributed by atoms with E-state index in [1.54, 1.807) is 0 Å². The van der Waals surface area contributed by atoms with E-state index in [1.807, 2.05) is 6.07 Å². The van der Waals surface area contributed by atoms with E-state index >= 15 is 0 Å². The van der Waals surface area contributed by atoms with Gasteiger partial charge in [-0.05, 0) is 12.8 Å². The highest BCUT2D eigenvalue weighted by molar-refractivity contribution is 5.51. The van der Waals surface area contributed by atoms with E-state index in [0.717, 1.165) is 25.2 Å². The highest BCUT2D eigenvalue weighted by Crippen LogP contribution is 2.23. The van der Waals surface area contributed by atoms with Crippen molar-refractivity contribution < 1.29 is 0 Å². The first-order valence-corrected chi connectivity index (χ1v) is 5.69. The van der Waals surface area contributed by atoms with Crippen LogP contribution in [0.4, 0.5) is 5.82 Å². The average molecular weight is 234 g/mol. The number of nitrogens with zero attached hydrogens (tertiary/aromatic N) is 4. The van der Waals surface area contributed by atoms with Gasteiger partial charge in [0.05, 0.1) is 0 Å². The molecule has 1 aliphatic heterocycles. The molecule has 2 aromatic rings. The molecule has 7 heteroatoms. The van der Waals surface area contributed by atoms with E-state index in [2.05, 4.69) is 20.1 Å². The van der Waals surface area contributed by atoms with E-state index in [-0.39, 0.29) is 5.69 Å².